The van der Waals surface area contributed by atoms with Crippen LogP contribution >= 0.6 is 0 Å². The molecule has 0 saturated carbocycles. The summed E-state index contributed by atoms with van der Waals surface area (Å²) < 4.78 is 34.2. The van der Waals surface area contributed by atoms with Crippen molar-refractivity contribution in [3.63, 3.8) is 0 Å². The van der Waals surface area contributed by atoms with Gasteiger partial charge in [-0.1, -0.05) is 30.3 Å². The van der Waals surface area contributed by atoms with Gasteiger partial charge in [0, 0.05) is 32.0 Å². The number of aliphatic hydroxyl groups is 1. The Kier molecular flexibility index (Phi) is 13.1. The first-order chi connectivity index (χ1) is 17.3. The maximum atomic E-state index is 13.5. The number of hydrogen-bond donors (Lipinski definition) is 1. The van der Waals surface area contributed by atoms with E-state index in [0.29, 0.717) is 85.4 Å². The zero-order chi connectivity index (χ0) is 24.6. The van der Waals surface area contributed by atoms with Crippen molar-refractivity contribution in [1.29, 1.82) is 0 Å². The van der Waals surface area contributed by atoms with Gasteiger partial charge in [-0.05, 0) is 24.5 Å². The van der Waals surface area contributed by atoms with E-state index in [1.165, 1.54) is 0 Å². The smallest absolute Gasteiger partial charge is 0.288 e. The molecule has 0 aliphatic carbocycles. The first-order valence-corrected chi connectivity index (χ1v) is 12.5. The lowest BCUT2D eigenvalue weighted by atomic mass is 9.93. The molecule has 1 aromatic rings. The topological polar surface area (TPSA) is 95.9 Å². The molecule has 0 spiro atoms. The number of hydrogen-bond acceptors (Lipinski definition) is 8. The molecule has 2 aliphatic heterocycles. The maximum absolute atomic E-state index is 13.5. The highest BCUT2D eigenvalue weighted by Gasteiger charge is 2.31. The molecule has 0 unspecified atom stereocenters. The highest BCUT2D eigenvalue weighted by Crippen LogP contribution is 2.32. The second-order valence-electron chi connectivity index (χ2n) is 8.37. The molecule has 2 atom stereocenters. The minimum absolute atomic E-state index is 0.00278. The Labute approximate surface area is 207 Å². The van der Waals surface area contributed by atoms with Gasteiger partial charge < -0.3 is 38.4 Å². The third kappa shape index (κ3) is 10.2. The molecule has 0 aromatic heterocycles. The van der Waals surface area contributed by atoms with Gasteiger partial charge in [0.15, 0.2) is 5.76 Å². The van der Waals surface area contributed by atoms with E-state index in [-0.39, 0.29) is 24.2 Å². The average molecular weight is 494 g/mol. The summed E-state index contributed by atoms with van der Waals surface area (Å²) in [5, 5.41) is 9.03. The third-order valence-corrected chi connectivity index (χ3v) is 5.77. The number of carbonyl (C=O) groups excluding carboxylic acids is 1. The van der Waals surface area contributed by atoms with Crippen molar-refractivity contribution in [1.82, 2.24) is 4.90 Å². The van der Waals surface area contributed by atoms with Crippen LogP contribution in [0.25, 0.3) is 0 Å². The van der Waals surface area contributed by atoms with Crippen LogP contribution in [0.4, 0.5) is 0 Å². The van der Waals surface area contributed by atoms with Crippen molar-refractivity contribution in [3.05, 3.63) is 47.7 Å². The summed E-state index contributed by atoms with van der Waals surface area (Å²) >= 11 is 0. The van der Waals surface area contributed by atoms with Crippen LogP contribution in [0.1, 0.15) is 30.7 Å². The van der Waals surface area contributed by atoms with Crippen molar-refractivity contribution in [2.75, 3.05) is 79.2 Å². The molecule has 0 bridgehead atoms. The van der Waals surface area contributed by atoms with Crippen molar-refractivity contribution in [2.45, 2.75) is 31.5 Å². The van der Waals surface area contributed by atoms with Crippen LogP contribution in [0, 0.1) is 0 Å². The predicted octanol–water partition coefficient (Wildman–Crippen LogP) is 2.10. The molecule has 2 aliphatic rings. The minimum Gasteiger partial charge on any atom is -0.459 e. The first kappa shape index (κ1) is 27.6. The molecule has 1 fully saturated rings. The number of nitrogens with zero attached hydrogens (tertiary/aromatic N) is 1. The van der Waals surface area contributed by atoms with Crippen molar-refractivity contribution >= 4 is 5.91 Å². The van der Waals surface area contributed by atoms with E-state index in [1.54, 1.807) is 4.90 Å². The monoisotopic (exact) mass is 493 g/mol. The third-order valence-electron chi connectivity index (χ3n) is 5.77. The van der Waals surface area contributed by atoms with Crippen LogP contribution in [0.5, 0.6) is 0 Å². The normalized spacial score (nSPS) is 23.5. The number of allylic oxidation sites excluding steroid dienone is 1. The largest absolute Gasteiger partial charge is 0.459 e. The lowest BCUT2D eigenvalue weighted by Crippen LogP contribution is -2.40. The van der Waals surface area contributed by atoms with E-state index in [1.807, 2.05) is 36.4 Å². The fraction of sp³-hybridized carbons (Fsp3) is 0.654. The number of benzene rings is 1. The predicted molar refractivity (Wildman–Crippen MR) is 129 cm³/mol. The van der Waals surface area contributed by atoms with Gasteiger partial charge in [-0.2, -0.15) is 0 Å². The number of aliphatic hydroxyl groups excluding tert-OH is 1. The first-order valence-electron chi connectivity index (χ1n) is 12.5. The summed E-state index contributed by atoms with van der Waals surface area (Å²) in [5.74, 6) is 0.0671. The number of carbonyl (C=O) groups is 1. The van der Waals surface area contributed by atoms with Gasteiger partial charge in [0.25, 0.3) is 5.91 Å². The Morgan fingerprint density at radius 3 is 2.09 bits per heavy atom. The summed E-state index contributed by atoms with van der Waals surface area (Å²) in [6.45, 7) is 5.11. The van der Waals surface area contributed by atoms with Crippen molar-refractivity contribution in [2.24, 2.45) is 0 Å². The van der Waals surface area contributed by atoms with Gasteiger partial charge >= 0.3 is 0 Å². The molecule has 1 saturated heterocycles. The summed E-state index contributed by atoms with van der Waals surface area (Å²) in [6, 6.07) is 10.0. The zero-order valence-corrected chi connectivity index (χ0v) is 20.5. The Morgan fingerprint density at radius 2 is 1.49 bits per heavy atom. The molecule has 9 nitrogen and oxygen atoms in total. The molecule has 0 radical (unpaired) electrons. The fourth-order valence-electron chi connectivity index (χ4n) is 3.85. The Hall–Kier alpha value is -2.01. The highest BCUT2D eigenvalue weighted by atomic mass is 16.7. The van der Waals surface area contributed by atoms with Gasteiger partial charge in [-0.3, -0.25) is 4.79 Å². The lowest BCUT2D eigenvalue weighted by Gasteiger charge is -2.32. The van der Waals surface area contributed by atoms with Crippen LogP contribution in [0.3, 0.4) is 0 Å². The van der Waals surface area contributed by atoms with E-state index >= 15 is 0 Å². The quantitative estimate of drug-likeness (QED) is 0.577. The second kappa shape index (κ2) is 16.6. The van der Waals surface area contributed by atoms with Gasteiger partial charge in [-0.15, -0.1) is 0 Å². The summed E-state index contributed by atoms with van der Waals surface area (Å²) in [6.07, 6.45) is 3.37. The van der Waals surface area contributed by atoms with E-state index in [4.69, 9.17) is 33.5 Å². The standard InChI is InChI=1S/C26H39NO8/c28-10-4-5-11-34-25-21-23(22-6-2-1-3-7-22)20-24(35-25)26(29)27-8-12-30-14-16-32-18-19-33-17-15-31-13-9-27/h1-3,6-7,20,23,25,28H,4-5,8-19,21H2/t23-,25+/m0/s1. The summed E-state index contributed by atoms with van der Waals surface area (Å²) in [7, 11) is 0. The summed E-state index contributed by atoms with van der Waals surface area (Å²) in [5.41, 5.74) is 1.11. The van der Waals surface area contributed by atoms with Crippen LogP contribution < -0.4 is 0 Å². The Balaban J connectivity index is 1.67. The summed E-state index contributed by atoms with van der Waals surface area (Å²) in [4.78, 5) is 15.2. The molecular weight excluding hydrogens is 454 g/mol. The number of rotatable bonds is 7. The van der Waals surface area contributed by atoms with Gasteiger partial charge in [0.1, 0.15) is 0 Å². The lowest BCUT2D eigenvalue weighted by molar-refractivity contribution is -0.153. The second-order valence-corrected chi connectivity index (χ2v) is 8.37. The van der Waals surface area contributed by atoms with E-state index < -0.39 is 6.29 Å². The number of ether oxygens (including phenoxy) is 6. The highest BCUT2D eigenvalue weighted by molar-refractivity contribution is 5.91. The molecule has 196 valence electrons. The SMILES string of the molecule is O=C(C1=C[C@H](c2ccccc2)C[C@H](OCCCCO)O1)N1CCOCCOCCOCCOCC1. The maximum Gasteiger partial charge on any atom is 0.288 e. The van der Waals surface area contributed by atoms with Crippen LogP contribution in [0.15, 0.2) is 42.2 Å². The molecular formula is C26H39NO8. The van der Waals surface area contributed by atoms with E-state index in [9.17, 15) is 4.79 Å². The van der Waals surface area contributed by atoms with Gasteiger partial charge in [-0.25, -0.2) is 0 Å². The van der Waals surface area contributed by atoms with Gasteiger partial charge in [0.2, 0.25) is 6.29 Å². The molecule has 1 aromatic carbocycles. The van der Waals surface area contributed by atoms with Crippen molar-refractivity contribution < 1.29 is 38.3 Å². The van der Waals surface area contributed by atoms with Crippen LogP contribution in [-0.4, -0.2) is 101 Å². The number of amides is 1. The Bertz CT molecular complexity index is 728. The fourth-order valence-corrected chi connectivity index (χ4v) is 3.85. The zero-order valence-electron chi connectivity index (χ0n) is 20.5. The average Bonchev–Trinajstić information content (AvgIpc) is 2.91. The minimum atomic E-state index is -0.534. The van der Waals surface area contributed by atoms with Gasteiger partial charge in [0.05, 0.1) is 59.5 Å². The molecule has 9 heteroatoms. The molecule has 35 heavy (non-hydrogen) atoms. The Morgan fingerprint density at radius 1 is 0.886 bits per heavy atom. The van der Waals surface area contributed by atoms with E-state index in [0.717, 1.165) is 12.0 Å². The molecule has 1 N–H and O–H groups in total. The molecule has 3 rings (SSSR count). The van der Waals surface area contributed by atoms with Crippen LogP contribution in [-0.2, 0) is 33.2 Å². The van der Waals surface area contributed by atoms with E-state index in [2.05, 4.69) is 0 Å². The molecule has 2 heterocycles. The number of unbranched alkanes of at least 4 members (excludes halogenated alkanes) is 1. The van der Waals surface area contributed by atoms with Crippen molar-refractivity contribution in [3.8, 4) is 0 Å². The van der Waals surface area contributed by atoms with Crippen LogP contribution in [0.2, 0.25) is 0 Å². The molecule has 1 amide bonds.